The van der Waals surface area contributed by atoms with Crippen LogP contribution in [0.2, 0.25) is 5.02 Å². The van der Waals surface area contributed by atoms with Crippen molar-refractivity contribution in [2.75, 3.05) is 26.2 Å². The van der Waals surface area contributed by atoms with Crippen molar-refractivity contribution < 1.29 is 14.1 Å². The summed E-state index contributed by atoms with van der Waals surface area (Å²) in [6.45, 7) is 2.06. The Labute approximate surface area is 156 Å². The third-order valence-corrected chi connectivity index (χ3v) is 4.89. The number of nitrogens with one attached hydrogen (secondary N) is 1. The molecule has 1 saturated heterocycles. The van der Waals surface area contributed by atoms with Crippen LogP contribution in [0.15, 0.2) is 28.8 Å². The first kappa shape index (κ1) is 17.3. The minimum absolute atomic E-state index is 0.103. The van der Waals surface area contributed by atoms with Gasteiger partial charge in [-0.25, -0.2) is 4.79 Å². The molecule has 2 aliphatic rings. The van der Waals surface area contributed by atoms with Gasteiger partial charge in [-0.3, -0.25) is 0 Å². The molecule has 1 saturated carbocycles. The van der Waals surface area contributed by atoms with Crippen molar-refractivity contribution in [1.82, 2.24) is 20.4 Å². The van der Waals surface area contributed by atoms with E-state index in [2.05, 4.69) is 15.5 Å². The molecule has 7 nitrogen and oxygen atoms in total. The quantitative estimate of drug-likeness (QED) is 0.867. The highest BCUT2D eigenvalue weighted by Crippen LogP contribution is 2.38. The van der Waals surface area contributed by atoms with E-state index in [0.29, 0.717) is 49.5 Å². The van der Waals surface area contributed by atoms with Crippen molar-refractivity contribution in [1.29, 1.82) is 0 Å². The third-order valence-electron chi connectivity index (χ3n) is 4.64. The molecule has 1 aliphatic carbocycles. The van der Waals surface area contributed by atoms with E-state index >= 15 is 0 Å². The molecule has 1 aromatic heterocycles. The van der Waals surface area contributed by atoms with Crippen LogP contribution in [0.1, 0.15) is 42.1 Å². The van der Waals surface area contributed by atoms with Gasteiger partial charge in [-0.05, 0) is 30.5 Å². The van der Waals surface area contributed by atoms with E-state index in [1.54, 1.807) is 4.90 Å². The van der Waals surface area contributed by atoms with Crippen LogP contribution in [-0.2, 0) is 11.2 Å². The van der Waals surface area contributed by atoms with Crippen molar-refractivity contribution >= 4 is 17.6 Å². The lowest BCUT2D eigenvalue weighted by Gasteiger charge is -2.33. The predicted octanol–water partition coefficient (Wildman–Crippen LogP) is 2.93. The smallest absolute Gasteiger partial charge is 0.317 e. The highest BCUT2D eigenvalue weighted by atomic mass is 35.5. The highest BCUT2D eigenvalue weighted by Gasteiger charge is 2.29. The van der Waals surface area contributed by atoms with Crippen molar-refractivity contribution in [3.63, 3.8) is 0 Å². The van der Waals surface area contributed by atoms with E-state index in [4.69, 9.17) is 20.9 Å². The number of carbonyl (C=O) groups excluding carboxylic acids is 1. The van der Waals surface area contributed by atoms with Crippen LogP contribution in [0.5, 0.6) is 0 Å². The number of hydrogen-bond acceptors (Lipinski definition) is 5. The highest BCUT2D eigenvalue weighted by molar-refractivity contribution is 6.30. The Hall–Kier alpha value is -2.12. The molecule has 4 rings (SSSR count). The van der Waals surface area contributed by atoms with Gasteiger partial charge in [0, 0.05) is 30.5 Å². The molecule has 8 heteroatoms. The van der Waals surface area contributed by atoms with Crippen LogP contribution in [0.25, 0.3) is 0 Å². The number of ether oxygens (including phenoxy) is 1. The fourth-order valence-corrected chi connectivity index (χ4v) is 3.10. The summed E-state index contributed by atoms with van der Waals surface area (Å²) in [5.41, 5.74) is 1.02. The molecule has 138 valence electrons. The SMILES string of the molecule is O=C(NCCc1nc(C2CC2)no1)N1CCO[C@@H](c2ccc(Cl)cc2)C1. The zero-order valence-electron chi connectivity index (χ0n) is 14.4. The second kappa shape index (κ2) is 7.63. The minimum atomic E-state index is -0.135. The number of urea groups is 1. The van der Waals surface area contributed by atoms with Crippen molar-refractivity contribution in [2.45, 2.75) is 31.3 Å². The zero-order chi connectivity index (χ0) is 17.9. The molecule has 26 heavy (non-hydrogen) atoms. The number of halogens is 1. The van der Waals surface area contributed by atoms with Gasteiger partial charge >= 0.3 is 6.03 Å². The Bertz CT molecular complexity index is 760. The number of hydrogen-bond donors (Lipinski definition) is 1. The maximum Gasteiger partial charge on any atom is 0.317 e. The van der Waals surface area contributed by atoms with Crippen molar-refractivity contribution in [3.05, 3.63) is 46.6 Å². The summed E-state index contributed by atoms with van der Waals surface area (Å²) in [5, 5.41) is 7.58. The third kappa shape index (κ3) is 4.16. The van der Waals surface area contributed by atoms with Gasteiger partial charge in [0.25, 0.3) is 0 Å². The van der Waals surface area contributed by atoms with Crippen LogP contribution in [0, 0.1) is 0 Å². The van der Waals surface area contributed by atoms with Crippen LogP contribution in [-0.4, -0.2) is 47.3 Å². The van der Waals surface area contributed by atoms with Gasteiger partial charge in [0.1, 0.15) is 6.10 Å². The van der Waals surface area contributed by atoms with Crippen LogP contribution < -0.4 is 5.32 Å². The van der Waals surface area contributed by atoms with E-state index in [9.17, 15) is 4.79 Å². The second-order valence-electron chi connectivity index (χ2n) is 6.66. The Balaban J connectivity index is 1.26. The molecular weight excluding hydrogens is 356 g/mol. The average molecular weight is 377 g/mol. The van der Waals surface area contributed by atoms with E-state index in [0.717, 1.165) is 24.2 Å². The molecular formula is C18H21ClN4O3. The Morgan fingerprint density at radius 2 is 2.12 bits per heavy atom. The molecule has 1 aromatic carbocycles. The summed E-state index contributed by atoms with van der Waals surface area (Å²) in [5.74, 6) is 1.85. The number of morpholine rings is 1. The standard InChI is InChI=1S/C18H21ClN4O3/c19-14-5-3-12(4-6-14)15-11-23(9-10-25-15)18(24)20-8-7-16-21-17(22-26-16)13-1-2-13/h3-6,13,15H,1-2,7-11H2,(H,20,24)/t15-/m1/s1. The van der Waals surface area contributed by atoms with Gasteiger partial charge in [0.05, 0.1) is 13.2 Å². The molecule has 1 atom stereocenters. The first-order valence-electron chi connectivity index (χ1n) is 8.91. The Morgan fingerprint density at radius 3 is 2.88 bits per heavy atom. The molecule has 2 amide bonds. The van der Waals surface area contributed by atoms with Gasteiger partial charge in [-0.2, -0.15) is 4.98 Å². The fraction of sp³-hybridized carbons (Fsp3) is 0.500. The number of rotatable bonds is 5. The molecule has 0 radical (unpaired) electrons. The topological polar surface area (TPSA) is 80.5 Å². The summed E-state index contributed by atoms with van der Waals surface area (Å²) in [6, 6.07) is 7.43. The van der Waals surface area contributed by atoms with E-state index in [1.807, 2.05) is 24.3 Å². The van der Waals surface area contributed by atoms with Crippen LogP contribution >= 0.6 is 11.6 Å². The van der Waals surface area contributed by atoms with E-state index < -0.39 is 0 Å². The summed E-state index contributed by atoms with van der Waals surface area (Å²) in [7, 11) is 0. The predicted molar refractivity (Wildman–Crippen MR) is 95.1 cm³/mol. The summed E-state index contributed by atoms with van der Waals surface area (Å²) < 4.78 is 11.0. The van der Waals surface area contributed by atoms with Gasteiger partial charge < -0.3 is 19.5 Å². The largest absolute Gasteiger partial charge is 0.370 e. The molecule has 0 bridgehead atoms. The Kier molecular flexibility index (Phi) is 5.08. The first-order chi connectivity index (χ1) is 12.7. The fourth-order valence-electron chi connectivity index (χ4n) is 2.98. The van der Waals surface area contributed by atoms with Crippen LogP contribution in [0.4, 0.5) is 4.79 Å². The number of benzene rings is 1. The van der Waals surface area contributed by atoms with Crippen molar-refractivity contribution in [2.24, 2.45) is 0 Å². The summed E-state index contributed by atoms with van der Waals surface area (Å²) >= 11 is 5.93. The lowest BCUT2D eigenvalue weighted by Crippen LogP contribution is -2.47. The summed E-state index contributed by atoms with van der Waals surface area (Å²) in [6.07, 6.45) is 2.68. The second-order valence-corrected chi connectivity index (χ2v) is 7.10. The molecule has 2 fully saturated rings. The maximum absolute atomic E-state index is 12.4. The normalized spacial score (nSPS) is 20.2. The van der Waals surface area contributed by atoms with Gasteiger partial charge in [-0.1, -0.05) is 28.9 Å². The average Bonchev–Trinajstić information content (AvgIpc) is 3.41. The monoisotopic (exact) mass is 376 g/mol. The summed E-state index contributed by atoms with van der Waals surface area (Å²) in [4.78, 5) is 18.6. The lowest BCUT2D eigenvalue weighted by atomic mass is 10.1. The van der Waals surface area contributed by atoms with Crippen molar-refractivity contribution in [3.8, 4) is 0 Å². The zero-order valence-corrected chi connectivity index (χ0v) is 15.1. The van der Waals surface area contributed by atoms with Gasteiger partial charge in [0.15, 0.2) is 5.82 Å². The Morgan fingerprint density at radius 1 is 1.31 bits per heavy atom. The minimum Gasteiger partial charge on any atom is -0.370 e. The molecule has 1 aliphatic heterocycles. The van der Waals surface area contributed by atoms with Crippen LogP contribution in [0.3, 0.4) is 0 Å². The maximum atomic E-state index is 12.4. The van der Waals surface area contributed by atoms with E-state index in [-0.39, 0.29) is 12.1 Å². The molecule has 2 aromatic rings. The molecule has 1 N–H and O–H groups in total. The van der Waals surface area contributed by atoms with E-state index in [1.165, 1.54) is 0 Å². The number of amides is 2. The first-order valence-corrected chi connectivity index (χ1v) is 9.29. The van der Waals surface area contributed by atoms with Gasteiger partial charge in [-0.15, -0.1) is 0 Å². The molecule has 0 spiro atoms. The number of carbonyl (C=O) groups is 1. The van der Waals surface area contributed by atoms with Gasteiger partial charge in [0.2, 0.25) is 5.89 Å². The molecule has 2 heterocycles. The number of aromatic nitrogens is 2. The molecule has 0 unspecified atom stereocenters. The lowest BCUT2D eigenvalue weighted by molar-refractivity contribution is -0.0154. The number of nitrogens with zero attached hydrogens (tertiary/aromatic N) is 3.